The van der Waals surface area contributed by atoms with E-state index >= 15 is 0 Å². The van der Waals surface area contributed by atoms with Gasteiger partial charge >= 0.3 is 0 Å². The third kappa shape index (κ3) is 8.67. The minimum Gasteiger partial charge on any atom is -0.234 e. The molecule has 6 aromatic rings. The molecule has 0 spiro atoms. The lowest BCUT2D eigenvalue weighted by atomic mass is 10.1. The highest BCUT2D eigenvalue weighted by atomic mass is 15.5. The van der Waals surface area contributed by atoms with Crippen LogP contribution in [0, 0.1) is 27.7 Å². The Balaban J connectivity index is 0.000000181. The lowest BCUT2D eigenvalue weighted by molar-refractivity contribution is 1.09. The molecule has 228 valence electrons. The van der Waals surface area contributed by atoms with Gasteiger partial charge in [-0.25, -0.2) is 10.0 Å². The topological polar surface area (TPSA) is 31.2 Å². The normalized spacial score (nSPS) is 10.9. The van der Waals surface area contributed by atoms with E-state index in [4.69, 9.17) is 10.2 Å². The second-order valence-electron chi connectivity index (χ2n) is 11.1. The predicted octanol–water partition coefficient (Wildman–Crippen LogP) is 11.0. The Bertz CT molecular complexity index is 1650. The van der Waals surface area contributed by atoms with Gasteiger partial charge in [0.15, 0.2) is 0 Å². The zero-order valence-electron chi connectivity index (χ0n) is 27.0. The molecule has 0 N–H and O–H groups in total. The van der Waals surface area contributed by atoms with Gasteiger partial charge in [-0.3, -0.25) is 0 Å². The number of para-hydroxylation sites is 4. The maximum atomic E-state index is 4.71. The van der Waals surface area contributed by atoms with E-state index < -0.39 is 0 Å². The van der Waals surface area contributed by atoms with Gasteiger partial charge in [0.05, 0.1) is 35.2 Å². The maximum Gasteiger partial charge on any atom is 0.0652 e. The molecule has 46 heavy (non-hydrogen) atoms. The average Bonchev–Trinajstić information content (AvgIpc) is 3.10. The standard InChI is InChI=1S/2C21H20N2/c2*1-17-13-14-19(15-18(17)2)16-22-23(20-9-5-3-6-10-20)21-11-7-4-8-12-21/h2*3-16H,1-2H3/b2*22-16+. The van der Waals surface area contributed by atoms with Crippen LogP contribution in [0.2, 0.25) is 0 Å². The SMILES string of the molecule is Cc1ccc(/C=N/N(c2ccccc2)c2ccccc2)cc1C.Cc1ccc(/C=N/N(c2ccccc2)c2ccccc2)cc1C. The number of hydrogen-bond acceptors (Lipinski definition) is 4. The van der Waals surface area contributed by atoms with Gasteiger partial charge in [0, 0.05) is 0 Å². The molecule has 0 saturated heterocycles. The summed E-state index contributed by atoms with van der Waals surface area (Å²) in [5.74, 6) is 0. The molecule has 0 heterocycles. The summed E-state index contributed by atoms with van der Waals surface area (Å²) in [6, 6.07) is 53.5. The van der Waals surface area contributed by atoms with Crippen molar-refractivity contribution < 1.29 is 0 Å². The Morgan fingerprint density at radius 1 is 0.348 bits per heavy atom. The number of anilines is 4. The van der Waals surface area contributed by atoms with E-state index in [0.29, 0.717) is 0 Å². The molecule has 0 amide bonds. The van der Waals surface area contributed by atoms with Crippen LogP contribution in [0.25, 0.3) is 0 Å². The van der Waals surface area contributed by atoms with Crippen molar-refractivity contribution in [2.75, 3.05) is 10.0 Å². The number of hydrogen-bond donors (Lipinski definition) is 0. The Morgan fingerprint density at radius 3 is 0.891 bits per heavy atom. The van der Waals surface area contributed by atoms with Crippen molar-refractivity contribution in [2.45, 2.75) is 27.7 Å². The Labute approximate surface area is 273 Å². The molecule has 0 radical (unpaired) electrons. The van der Waals surface area contributed by atoms with Gasteiger partial charge in [-0.1, -0.05) is 109 Å². The third-order valence-electron chi connectivity index (χ3n) is 7.71. The minimum absolute atomic E-state index is 1.04. The van der Waals surface area contributed by atoms with E-state index in [0.717, 1.165) is 33.9 Å². The second kappa shape index (κ2) is 15.8. The summed E-state index contributed by atoms with van der Waals surface area (Å²) in [7, 11) is 0. The third-order valence-corrected chi connectivity index (χ3v) is 7.71. The van der Waals surface area contributed by atoms with Crippen LogP contribution >= 0.6 is 0 Å². The largest absolute Gasteiger partial charge is 0.234 e. The van der Waals surface area contributed by atoms with Gasteiger partial charge in [0.25, 0.3) is 0 Å². The summed E-state index contributed by atoms with van der Waals surface area (Å²) in [4.78, 5) is 0. The summed E-state index contributed by atoms with van der Waals surface area (Å²) in [6.07, 6.45) is 3.82. The van der Waals surface area contributed by atoms with Crippen molar-refractivity contribution in [1.82, 2.24) is 0 Å². The molecule has 0 saturated carbocycles. The van der Waals surface area contributed by atoms with E-state index in [1.54, 1.807) is 0 Å². The highest BCUT2D eigenvalue weighted by Crippen LogP contribution is 2.26. The lowest BCUT2D eigenvalue weighted by Gasteiger charge is -2.19. The number of benzene rings is 6. The highest BCUT2D eigenvalue weighted by Gasteiger charge is 2.08. The van der Waals surface area contributed by atoms with Crippen LogP contribution in [0.4, 0.5) is 22.7 Å². The molecule has 0 aliphatic heterocycles. The van der Waals surface area contributed by atoms with Crippen LogP contribution in [-0.4, -0.2) is 12.4 Å². The van der Waals surface area contributed by atoms with Crippen molar-refractivity contribution >= 4 is 35.2 Å². The summed E-state index contributed by atoms with van der Waals surface area (Å²) in [5, 5.41) is 13.3. The lowest BCUT2D eigenvalue weighted by Crippen LogP contribution is -2.09. The summed E-state index contributed by atoms with van der Waals surface area (Å²) in [5.41, 5.74) is 11.5. The molecule has 0 atom stereocenters. The van der Waals surface area contributed by atoms with Crippen LogP contribution in [0.15, 0.2) is 168 Å². The van der Waals surface area contributed by atoms with Crippen LogP contribution in [0.5, 0.6) is 0 Å². The molecule has 4 heteroatoms. The fourth-order valence-electron chi connectivity index (χ4n) is 4.78. The molecule has 0 unspecified atom stereocenters. The van der Waals surface area contributed by atoms with Crippen LogP contribution in [0.3, 0.4) is 0 Å². The fraction of sp³-hybridized carbons (Fsp3) is 0.0952. The first kappa shape index (κ1) is 31.7. The van der Waals surface area contributed by atoms with E-state index in [9.17, 15) is 0 Å². The van der Waals surface area contributed by atoms with Gasteiger partial charge in [-0.2, -0.15) is 10.2 Å². The average molecular weight is 601 g/mol. The number of aryl methyl sites for hydroxylation is 4. The van der Waals surface area contributed by atoms with Crippen LogP contribution in [-0.2, 0) is 0 Å². The molecule has 0 fully saturated rings. The molecule has 0 aliphatic rings. The van der Waals surface area contributed by atoms with Gasteiger partial charge in [-0.05, 0) is 110 Å². The van der Waals surface area contributed by atoms with Crippen molar-refractivity contribution in [3.05, 3.63) is 191 Å². The molecule has 6 aromatic carbocycles. The zero-order chi connectivity index (χ0) is 32.1. The Kier molecular flexibility index (Phi) is 10.9. The van der Waals surface area contributed by atoms with Crippen molar-refractivity contribution in [3.8, 4) is 0 Å². The number of nitrogens with zero attached hydrogens (tertiary/aromatic N) is 4. The summed E-state index contributed by atoms with van der Waals surface area (Å²) >= 11 is 0. The zero-order valence-corrected chi connectivity index (χ0v) is 27.0. The van der Waals surface area contributed by atoms with Gasteiger partial charge in [0.1, 0.15) is 0 Å². The summed E-state index contributed by atoms with van der Waals surface area (Å²) in [6.45, 7) is 8.49. The molecular weight excluding hydrogens is 560 g/mol. The van der Waals surface area contributed by atoms with E-state index in [2.05, 4.69) is 113 Å². The highest BCUT2D eigenvalue weighted by molar-refractivity contribution is 5.83. The van der Waals surface area contributed by atoms with E-state index in [1.807, 2.05) is 95.2 Å². The van der Waals surface area contributed by atoms with Crippen molar-refractivity contribution in [3.63, 3.8) is 0 Å². The first-order valence-corrected chi connectivity index (χ1v) is 15.5. The molecule has 0 bridgehead atoms. The molecule has 0 aromatic heterocycles. The maximum absolute atomic E-state index is 4.71. The quantitative estimate of drug-likeness (QED) is 0.129. The Hall–Kier alpha value is -5.74. The summed E-state index contributed by atoms with van der Waals surface area (Å²) < 4.78 is 0. The number of rotatable bonds is 8. The monoisotopic (exact) mass is 600 g/mol. The van der Waals surface area contributed by atoms with Crippen LogP contribution in [0.1, 0.15) is 33.4 Å². The second-order valence-corrected chi connectivity index (χ2v) is 11.1. The van der Waals surface area contributed by atoms with Gasteiger partial charge in [-0.15, -0.1) is 0 Å². The van der Waals surface area contributed by atoms with E-state index in [-0.39, 0.29) is 0 Å². The predicted molar refractivity (Wildman–Crippen MR) is 197 cm³/mol. The van der Waals surface area contributed by atoms with Crippen LogP contribution < -0.4 is 10.0 Å². The van der Waals surface area contributed by atoms with Gasteiger partial charge < -0.3 is 0 Å². The molecule has 6 rings (SSSR count). The molecule has 4 nitrogen and oxygen atoms in total. The number of hydrazone groups is 2. The molecular formula is C42H40N4. The van der Waals surface area contributed by atoms with Gasteiger partial charge in [0.2, 0.25) is 0 Å². The first-order chi connectivity index (χ1) is 22.5. The fourth-order valence-corrected chi connectivity index (χ4v) is 4.78. The van der Waals surface area contributed by atoms with E-state index in [1.165, 1.54) is 22.3 Å². The van der Waals surface area contributed by atoms with Crippen molar-refractivity contribution in [1.29, 1.82) is 0 Å². The smallest absolute Gasteiger partial charge is 0.0652 e. The molecule has 0 aliphatic carbocycles. The van der Waals surface area contributed by atoms with Crippen molar-refractivity contribution in [2.24, 2.45) is 10.2 Å². The minimum atomic E-state index is 1.04. The Morgan fingerprint density at radius 2 is 0.630 bits per heavy atom. The first-order valence-electron chi connectivity index (χ1n) is 15.5.